The van der Waals surface area contributed by atoms with E-state index in [0.717, 1.165) is 11.0 Å². The van der Waals surface area contributed by atoms with Crippen LogP contribution in [0.4, 0.5) is 17.6 Å². The maximum Gasteiger partial charge on any atom is 0.393 e. The number of piperidine rings is 1. The summed E-state index contributed by atoms with van der Waals surface area (Å²) in [5.41, 5.74) is 0.203. The minimum Gasteiger partial charge on any atom is -0.338 e. The van der Waals surface area contributed by atoms with Gasteiger partial charge in [-0.05, 0) is 37.1 Å². The van der Waals surface area contributed by atoms with Crippen LogP contribution in [0, 0.1) is 11.7 Å². The number of rotatable bonds is 2. The zero-order chi connectivity index (χ0) is 17.3. The predicted molar refractivity (Wildman–Crippen MR) is 78.2 cm³/mol. The predicted octanol–water partition coefficient (Wildman–Crippen LogP) is 3.43. The van der Waals surface area contributed by atoms with Gasteiger partial charge >= 0.3 is 6.18 Å². The molecule has 24 heavy (non-hydrogen) atoms. The normalized spacial score (nSPS) is 18.7. The van der Waals surface area contributed by atoms with Crippen molar-refractivity contribution in [2.24, 2.45) is 5.92 Å². The lowest BCUT2D eigenvalue weighted by Gasteiger charge is -2.33. The summed E-state index contributed by atoms with van der Waals surface area (Å²) in [7, 11) is 0. The van der Waals surface area contributed by atoms with Crippen LogP contribution in [0.3, 0.4) is 0 Å². The van der Waals surface area contributed by atoms with E-state index in [1.807, 2.05) is 0 Å². The van der Waals surface area contributed by atoms with Gasteiger partial charge in [-0.15, -0.1) is 0 Å². The molecule has 0 saturated carbocycles. The fourth-order valence-corrected chi connectivity index (χ4v) is 2.85. The Kier molecular flexibility index (Phi) is 4.29. The molecule has 1 aliphatic rings. The molecule has 8 heteroatoms. The Balaban J connectivity index is 1.79. The highest BCUT2D eigenvalue weighted by Gasteiger charge is 2.42. The Morgan fingerprint density at radius 2 is 2.08 bits per heavy atom. The van der Waals surface area contributed by atoms with Gasteiger partial charge in [0.25, 0.3) is 5.91 Å². The lowest BCUT2D eigenvalue weighted by Crippen LogP contribution is -2.44. The third kappa shape index (κ3) is 3.27. The number of amides is 1. The van der Waals surface area contributed by atoms with Crippen LogP contribution in [-0.4, -0.2) is 39.9 Å². The third-order valence-electron chi connectivity index (χ3n) is 4.12. The summed E-state index contributed by atoms with van der Waals surface area (Å²) >= 11 is 0. The molecular weight excluding hydrogens is 326 g/mol. The average molecular weight is 341 g/mol. The number of benzene rings is 1. The largest absolute Gasteiger partial charge is 0.393 e. The van der Waals surface area contributed by atoms with Gasteiger partial charge in [0, 0.05) is 31.0 Å². The number of carbonyl (C=O) groups excluding carboxylic acids is 1. The van der Waals surface area contributed by atoms with E-state index in [1.165, 1.54) is 23.0 Å². The molecule has 0 bridgehead atoms. The van der Waals surface area contributed by atoms with Crippen LogP contribution >= 0.6 is 0 Å². The Morgan fingerprint density at radius 3 is 2.71 bits per heavy atom. The maximum atomic E-state index is 14.2. The van der Waals surface area contributed by atoms with E-state index in [2.05, 4.69) is 5.10 Å². The van der Waals surface area contributed by atoms with Crippen molar-refractivity contribution in [1.29, 1.82) is 0 Å². The monoisotopic (exact) mass is 341 g/mol. The molecule has 1 aromatic heterocycles. The molecule has 0 radical (unpaired) electrons. The fraction of sp³-hybridized carbons (Fsp3) is 0.375. The Labute approximate surface area is 135 Å². The lowest BCUT2D eigenvalue weighted by molar-refractivity contribution is -0.184. The molecule has 0 aliphatic carbocycles. The molecule has 128 valence electrons. The molecule has 1 unspecified atom stereocenters. The summed E-state index contributed by atoms with van der Waals surface area (Å²) in [6.07, 6.45) is -0.986. The first-order chi connectivity index (χ1) is 11.4. The average Bonchev–Trinajstić information content (AvgIpc) is 3.07. The number of halogens is 4. The quantitative estimate of drug-likeness (QED) is 0.785. The highest BCUT2D eigenvalue weighted by molar-refractivity contribution is 5.94. The Bertz CT molecular complexity index is 727. The summed E-state index contributed by atoms with van der Waals surface area (Å²) in [5.74, 6) is -2.77. The van der Waals surface area contributed by atoms with Gasteiger partial charge in [0.1, 0.15) is 11.5 Å². The van der Waals surface area contributed by atoms with Crippen molar-refractivity contribution < 1.29 is 22.4 Å². The van der Waals surface area contributed by atoms with Gasteiger partial charge < -0.3 is 4.90 Å². The van der Waals surface area contributed by atoms with Gasteiger partial charge in [-0.3, -0.25) is 4.79 Å². The van der Waals surface area contributed by atoms with Crippen molar-refractivity contribution >= 4 is 5.91 Å². The molecule has 3 rings (SSSR count). The van der Waals surface area contributed by atoms with Crippen molar-refractivity contribution in [1.82, 2.24) is 14.7 Å². The van der Waals surface area contributed by atoms with E-state index in [0.29, 0.717) is 0 Å². The van der Waals surface area contributed by atoms with Crippen LogP contribution in [-0.2, 0) is 0 Å². The van der Waals surface area contributed by atoms with E-state index < -0.39 is 23.8 Å². The van der Waals surface area contributed by atoms with E-state index in [-0.39, 0.29) is 37.2 Å². The standard InChI is InChI=1S/C16H15F4N3O/c17-13-9-11(4-5-14(13)23-8-2-6-21-23)15(24)22-7-1-3-12(10-22)16(18,19)20/h2,4-6,8-9,12H,1,3,7,10H2. The number of carbonyl (C=O) groups is 1. The number of likely N-dealkylation sites (tertiary alicyclic amines) is 1. The zero-order valence-electron chi connectivity index (χ0n) is 12.6. The second-order valence-corrected chi connectivity index (χ2v) is 5.75. The second kappa shape index (κ2) is 6.26. The molecule has 1 aliphatic heterocycles. The van der Waals surface area contributed by atoms with Crippen LogP contribution in [0.2, 0.25) is 0 Å². The summed E-state index contributed by atoms with van der Waals surface area (Å²) in [5, 5.41) is 3.90. The number of hydrogen-bond acceptors (Lipinski definition) is 2. The topological polar surface area (TPSA) is 38.1 Å². The second-order valence-electron chi connectivity index (χ2n) is 5.75. The number of nitrogens with zero attached hydrogens (tertiary/aromatic N) is 3. The molecule has 1 saturated heterocycles. The molecule has 0 spiro atoms. The van der Waals surface area contributed by atoms with E-state index >= 15 is 0 Å². The molecule has 1 fully saturated rings. The first-order valence-corrected chi connectivity index (χ1v) is 7.52. The van der Waals surface area contributed by atoms with E-state index in [9.17, 15) is 22.4 Å². The molecule has 1 amide bonds. The first kappa shape index (κ1) is 16.5. The highest BCUT2D eigenvalue weighted by atomic mass is 19.4. The molecule has 2 aromatic rings. The van der Waals surface area contributed by atoms with Crippen molar-refractivity contribution in [2.45, 2.75) is 19.0 Å². The van der Waals surface area contributed by atoms with Crippen LogP contribution in [0.25, 0.3) is 5.69 Å². The highest BCUT2D eigenvalue weighted by Crippen LogP contribution is 2.33. The van der Waals surface area contributed by atoms with Crippen LogP contribution < -0.4 is 0 Å². The molecular formula is C16H15F4N3O. The van der Waals surface area contributed by atoms with Crippen LogP contribution in [0.5, 0.6) is 0 Å². The molecule has 1 aromatic carbocycles. The van der Waals surface area contributed by atoms with Crippen molar-refractivity contribution in [3.05, 3.63) is 48.0 Å². The van der Waals surface area contributed by atoms with E-state index in [4.69, 9.17) is 0 Å². The molecule has 1 atom stereocenters. The van der Waals surface area contributed by atoms with Gasteiger partial charge in [-0.1, -0.05) is 0 Å². The Hall–Kier alpha value is -2.38. The van der Waals surface area contributed by atoms with Crippen molar-refractivity contribution in [2.75, 3.05) is 13.1 Å². The first-order valence-electron chi connectivity index (χ1n) is 7.52. The summed E-state index contributed by atoms with van der Waals surface area (Å²) in [6, 6.07) is 5.46. The number of hydrogen-bond donors (Lipinski definition) is 0. The smallest absolute Gasteiger partial charge is 0.338 e. The van der Waals surface area contributed by atoms with Gasteiger partial charge in [0.05, 0.1) is 5.92 Å². The molecule has 0 N–H and O–H groups in total. The van der Waals surface area contributed by atoms with Crippen LogP contribution in [0.1, 0.15) is 23.2 Å². The van der Waals surface area contributed by atoms with Crippen molar-refractivity contribution in [3.63, 3.8) is 0 Å². The van der Waals surface area contributed by atoms with E-state index in [1.54, 1.807) is 12.3 Å². The van der Waals surface area contributed by atoms with Crippen LogP contribution in [0.15, 0.2) is 36.7 Å². The number of aromatic nitrogens is 2. The summed E-state index contributed by atoms with van der Waals surface area (Å²) < 4.78 is 54.0. The molecule has 2 heterocycles. The van der Waals surface area contributed by atoms with Crippen molar-refractivity contribution in [3.8, 4) is 5.69 Å². The third-order valence-corrected chi connectivity index (χ3v) is 4.12. The zero-order valence-corrected chi connectivity index (χ0v) is 12.6. The summed E-state index contributed by atoms with van der Waals surface area (Å²) in [6.45, 7) is -0.140. The van der Waals surface area contributed by atoms with Gasteiger partial charge in [0.2, 0.25) is 0 Å². The van der Waals surface area contributed by atoms with Gasteiger partial charge in [0.15, 0.2) is 0 Å². The van der Waals surface area contributed by atoms with Gasteiger partial charge in [-0.2, -0.15) is 18.3 Å². The lowest BCUT2D eigenvalue weighted by atomic mass is 9.97. The van der Waals surface area contributed by atoms with Gasteiger partial charge in [-0.25, -0.2) is 9.07 Å². The Morgan fingerprint density at radius 1 is 1.29 bits per heavy atom. The number of alkyl halides is 3. The molecule has 4 nitrogen and oxygen atoms in total. The minimum absolute atomic E-state index is 0.0138. The fourth-order valence-electron chi connectivity index (χ4n) is 2.85. The maximum absolute atomic E-state index is 14.2. The SMILES string of the molecule is O=C(c1ccc(-n2cccn2)c(F)c1)N1CCCC(C(F)(F)F)C1. The summed E-state index contributed by atoms with van der Waals surface area (Å²) in [4.78, 5) is 13.5. The minimum atomic E-state index is -4.33.